The van der Waals surface area contributed by atoms with Gasteiger partial charge in [0.15, 0.2) is 0 Å². The van der Waals surface area contributed by atoms with E-state index in [1.54, 1.807) is 0 Å². The molecule has 0 aromatic carbocycles. The van der Waals surface area contributed by atoms with Crippen molar-refractivity contribution < 1.29 is 9.90 Å². The fourth-order valence-corrected chi connectivity index (χ4v) is 3.23. The average molecular weight is 282 g/mol. The minimum absolute atomic E-state index is 0.129. The van der Waals surface area contributed by atoms with Crippen molar-refractivity contribution in [3.8, 4) is 0 Å². The summed E-state index contributed by atoms with van der Waals surface area (Å²) in [6.45, 7) is 5.66. The predicted molar refractivity (Wildman–Crippen MR) is 80.5 cm³/mol. The quantitative estimate of drug-likeness (QED) is 0.809. The molecule has 3 unspecified atom stereocenters. The van der Waals surface area contributed by atoms with Crippen molar-refractivity contribution in [2.75, 3.05) is 20.1 Å². The van der Waals surface area contributed by atoms with E-state index in [4.69, 9.17) is 0 Å². The van der Waals surface area contributed by atoms with Gasteiger partial charge in [0.2, 0.25) is 5.91 Å². The van der Waals surface area contributed by atoms with Gasteiger partial charge < -0.3 is 10.0 Å². The number of carbonyl (C=O) groups excluding carboxylic acids is 1. The van der Waals surface area contributed by atoms with E-state index in [2.05, 4.69) is 11.8 Å². The summed E-state index contributed by atoms with van der Waals surface area (Å²) in [7, 11) is 1.96. The van der Waals surface area contributed by atoms with Gasteiger partial charge in [0.1, 0.15) is 0 Å². The Hall–Kier alpha value is -0.610. The van der Waals surface area contributed by atoms with Crippen molar-refractivity contribution in [1.29, 1.82) is 0 Å². The molecule has 1 aliphatic carbocycles. The molecule has 2 fully saturated rings. The summed E-state index contributed by atoms with van der Waals surface area (Å²) in [5.74, 6) is 0.708. The van der Waals surface area contributed by atoms with Crippen LogP contribution < -0.4 is 0 Å². The summed E-state index contributed by atoms with van der Waals surface area (Å²) in [4.78, 5) is 16.8. The molecule has 116 valence electrons. The Morgan fingerprint density at radius 1 is 1.35 bits per heavy atom. The summed E-state index contributed by atoms with van der Waals surface area (Å²) in [5, 5.41) is 10.0. The molecule has 1 heterocycles. The van der Waals surface area contributed by atoms with Crippen LogP contribution in [0.1, 0.15) is 52.4 Å². The monoisotopic (exact) mass is 282 g/mol. The molecule has 4 heteroatoms. The maximum atomic E-state index is 12.7. The smallest absolute Gasteiger partial charge is 0.239 e. The summed E-state index contributed by atoms with van der Waals surface area (Å²) in [5.41, 5.74) is 0. The van der Waals surface area contributed by atoms with Crippen LogP contribution in [-0.2, 0) is 4.79 Å². The van der Waals surface area contributed by atoms with Crippen molar-refractivity contribution in [2.45, 2.75) is 70.6 Å². The molecule has 2 aliphatic rings. The third-order valence-electron chi connectivity index (χ3n) is 5.04. The Bertz CT molecular complexity index is 330. The largest absolute Gasteiger partial charge is 0.392 e. The van der Waals surface area contributed by atoms with Gasteiger partial charge in [-0.05, 0) is 58.4 Å². The Balaban J connectivity index is 1.88. The van der Waals surface area contributed by atoms with Gasteiger partial charge in [0.25, 0.3) is 0 Å². The molecule has 1 saturated carbocycles. The van der Waals surface area contributed by atoms with E-state index >= 15 is 0 Å². The van der Waals surface area contributed by atoms with Crippen LogP contribution in [0.4, 0.5) is 0 Å². The first-order valence-electron chi connectivity index (χ1n) is 8.23. The second kappa shape index (κ2) is 6.90. The van der Waals surface area contributed by atoms with Gasteiger partial charge in [0, 0.05) is 19.1 Å². The minimum Gasteiger partial charge on any atom is -0.392 e. The molecular formula is C16H30N2O2. The minimum atomic E-state index is -0.265. The number of hydrogen-bond donors (Lipinski definition) is 1. The molecule has 20 heavy (non-hydrogen) atoms. The van der Waals surface area contributed by atoms with E-state index in [0.29, 0.717) is 18.5 Å². The molecule has 3 atom stereocenters. The highest BCUT2D eigenvalue weighted by Gasteiger charge is 2.34. The zero-order chi connectivity index (χ0) is 14.7. The number of carbonyl (C=O) groups is 1. The van der Waals surface area contributed by atoms with Crippen LogP contribution in [0.2, 0.25) is 0 Å². The molecule has 4 nitrogen and oxygen atoms in total. The molecule has 1 aliphatic heterocycles. The Labute approximate surface area is 123 Å². The first-order chi connectivity index (χ1) is 9.54. The van der Waals surface area contributed by atoms with Gasteiger partial charge in [-0.1, -0.05) is 6.92 Å². The highest BCUT2D eigenvalue weighted by molar-refractivity contribution is 5.81. The zero-order valence-corrected chi connectivity index (χ0v) is 13.2. The Morgan fingerprint density at radius 3 is 2.65 bits per heavy atom. The fraction of sp³-hybridized carbons (Fsp3) is 0.938. The highest BCUT2D eigenvalue weighted by atomic mass is 16.3. The van der Waals surface area contributed by atoms with Gasteiger partial charge in [0.05, 0.1) is 12.1 Å². The van der Waals surface area contributed by atoms with Crippen LogP contribution >= 0.6 is 0 Å². The van der Waals surface area contributed by atoms with Crippen LogP contribution in [0, 0.1) is 5.92 Å². The lowest BCUT2D eigenvalue weighted by Crippen LogP contribution is -2.52. The van der Waals surface area contributed by atoms with Gasteiger partial charge in [-0.25, -0.2) is 0 Å². The summed E-state index contributed by atoms with van der Waals surface area (Å²) in [6, 6.07) is 0.288. The molecule has 1 amide bonds. The standard InChI is InChI=1S/C16H30N2O2/c1-4-14-7-5-6-10-18(14)16(20)12(2)17(3)11-15(19)13-8-9-13/h12-15,19H,4-11H2,1-3H3. The molecule has 1 saturated heterocycles. The van der Waals surface area contributed by atoms with Crippen molar-refractivity contribution in [3.05, 3.63) is 0 Å². The maximum Gasteiger partial charge on any atom is 0.239 e. The van der Waals surface area contributed by atoms with E-state index in [1.807, 2.05) is 18.9 Å². The van der Waals surface area contributed by atoms with Crippen LogP contribution in [0.15, 0.2) is 0 Å². The number of amides is 1. The number of nitrogens with zero attached hydrogens (tertiary/aromatic N) is 2. The fourth-order valence-electron chi connectivity index (χ4n) is 3.23. The molecule has 0 aromatic rings. The lowest BCUT2D eigenvalue weighted by molar-refractivity contribution is -0.140. The Kier molecular flexibility index (Phi) is 5.44. The predicted octanol–water partition coefficient (Wildman–Crippen LogP) is 1.87. The second-order valence-corrected chi connectivity index (χ2v) is 6.61. The number of piperidine rings is 1. The average Bonchev–Trinajstić information content (AvgIpc) is 3.30. The number of likely N-dealkylation sites (N-methyl/N-ethyl adjacent to an activating group) is 1. The SMILES string of the molecule is CCC1CCCCN1C(=O)C(C)N(C)CC(O)C1CC1. The van der Waals surface area contributed by atoms with Crippen molar-refractivity contribution in [1.82, 2.24) is 9.80 Å². The van der Waals surface area contributed by atoms with E-state index in [9.17, 15) is 9.90 Å². The molecule has 0 radical (unpaired) electrons. The molecule has 0 spiro atoms. The van der Waals surface area contributed by atoms with Gasteiger partial charge in [-0.3, -0.25) is 9.69 Å². The van der Waals surface area contributed by atoms with Crippen molar-refractivity contribution >= 4 is 5.91 Å². The van der Waals surface area contributed by atoms with E-state index in [1.165, 1.54) is 6.42 Å². The van der Waals surface area contributed by atoms with Crippen LogP contribution in [0.25, 0.3) is 0 Å². The number of aliphatic hydroxyl groups excluding tert-OH is 1. The van der Waals surface area contributed by atoms with Gasteiger partial charge in [-0.15, -0.1) is 0 Å². The van der Waals surface area contributed by atoms with Gasteiger partial charge in [-0.2, -0.15) is 0 Å². The zero-order valence-electron chi connectivity index (χ0n) is 13.2. The van der Waals surface area contributed by atoms with E-state index in [-0.39, 0.29) is 18.1 Å². The van der Waals surface area contributed by atoms with Crippen molar-refractivity contribution in [3.63, 3.8) is 0 Å². The number of hydrogen-bond acceptors (Lipinski definition) is 3. The number of likely N-dealkylation sites (tertiary alicyclic amines) is 1. The lowest BCUT2D eigenvalue weighted by Gasteiger charge is -2.39. The summed E-state index contributed by atoms with van der Waals surface area (Å²) in [6.07, 6.45) is 6.58. The topological polar surface area (TPSA) is 43.8 Å². The molecule has 0 bridgehead atoms. The summed E-state index contributed by atoms with van der Waals surface area (Å²) < 4.78 is 0. The number of rotatable bonds is 6. The third-order valence-corrected chi connectivity index (χ3v) is 5.04. The Morgan fingerprint density at radius 2 is 2.05 bits per heavy atom. The molecule has 1 N–H and O–H groups in total. The molecule has 0 aromatic heterocycles. The molecule has 2 rings (SSSR count). The van der Waals surface area contributed by atoms with Crippen LogP contribution in [0.3, 0.4) is 0 Å². The molecular weight excluding hydrogens is 252 g/mol. The third kappa shape index (κ3) is 3.73. The second-order valence-electron chi connectivity index (χ2n) is 6.61. The van der Waals surface area contributed by atoms with E-state index < -0.39 is 0 Å². The first-order valence-corrected chi connectivity index (χ1v) is 8.23. The normalized spacial score (nSPS) is 26.6. The van der Waals surface area contributed by atoms with E-state index in [0.717, 1.165) is 38.6 Å². The number of aliphatic hydroxyl groups is 1. The van der Waals surface area contributed by atoms with Crippen LogP contribution in [-0.4, -0.2) is 59.1 Å². The van der Waals surface area contributed by atoms with Gasteiger partial charge >= 0.3 is 0 Å². The van der Waals surface area contributed by atoms with Crippen LogP contribution in [0.5, 0.6) is 0 Å². The first kappa shape index (κ1) is 15.8. The summed E-state index contributed by atoms with van der Waals surface area (Å²) >= 11 is 0. The maximum absolute atomic E-state index is 12.7. The van der Waals surface area contributed by atoms with Crippen molar-refractivity contribution in [2.24, 2.45) is 5.92 Å². The highest BCUT2D eigenvalue weighted by Crippen LogP contribution is 2.33. The lowest BCUT2D eigenvalue weighted by atomic mass is 9.99.